The van der Waals surface area contributed by atoms with Crippen LogP contribution >= 0.6 is 0 Å². The second-order valence-electron chi connectivity index (χ2n) is 2.77. The van der Waals surface area contributed by atoms with Gasteiger partial charge in [0.2, 0.25) is 0 Å². The van der Waals surface area contributed by atoms with E-state index in [-0.39, 0.29) is 11.2 Å². The minimum atomic E-state index is -4.30. The number of nitrogens with zero attached hydrogens (tertiary/aromatic N) is 3. The van der Waals surface area contributed by atoms with E-state index in [0.717, 1.165) is 6.33 Å². The summed E-state index contributed by atoms with van der Waals surface area (Å²) in [7, 11) is 0. The van der Waals surface area contributed by atoms with Gasteiger partial charge < -0.3 is 4.98 Å². The number of rotatable bonds is 2. The molecule has 0 aliphatic heterocycles. The average molecular weight is 220 g/mol. The molecular formula is C7H4F4N4. The van der Waals surface area contributed by atoms with Gasteiger partial charge in [0.05, 0.1) is 6.20 Å². The molecule has 8 heteroatoms. The van der Waals surface area contributed by atoms with Crippen LogP contribution in [-0.4, -0.2) is 26.4 Å². The van der Waals surface area contributed by atoms with Crippen molar-refractivity contribution in [2.24, 2.45) is 0 Å². The zero-order chi connectivity index (χ0) is 11.1. The van der Waals surface area contributed by atoms with E-state index in [0.29, 0.717) is 0 Å². The second-order valence-corrected chi connectivity index (χ2v) is 2.77. The molecule has 0 aromatic carbocycles. The summed E-state index contributed by atoms with van der Waals surface area (Å²) in [6, 6.07) is 0. The molecule has 0 radical (unpaired) electrons. The van der Waals surface area contributed by atoms with Gasteiger partial charge in [-0.2, -0.15) is 8.78 Å². The lowest BCUT2D eigenvalue weighted by Crippen LogP contribution is -2.25. The summed E-state index contributed by atoms with van der Waals surface area (Å²) in [5.74, 6) is -5.41. The van der Waals surface area contributed by atoms with Crippen molar-refractivity contribution in [2.45, 2.75) is 12.3 Å². The number of fused-ring (bicyclic) bond motifs is 1. The first-order valence-corrected chi connectivity index (χ1v) is 3.84. The first kappa shape index (κ1) is 9.81. The largest absolute Gasteiger partial charge is 0.363 e. The minimum absolute atomic E-state index is 0.0691. The maximum Gasteiger partial charge on any atom is 0.363 e. The van der Waals surface area contributed by atoms with Gasteiger partial charge >= 0.3 is 12.3 Å². The predicted octanol–water partition coefficient (Wildman–Crippen LogP) is 1.71. The molecule has 0 bridgehead atoms. The van der Waals surface area contributed by atoms with Crippen molar-refractivity contribution in [1.82, 2.24) is 19.9 Å². The lowest BCUT2D eigenvalue weighted by atomic mass is 10.3. The van der Waals surface area contributed by atoms with Crippen molar-refractivity contribution in [3.8, 4) is 0 Å². The number of H-pyrrole nitrogens is 1. The Balaban J connectivity index is 2.53. The third kappa shape index (κ3) is 1.51. The molecule has 0 spiro atoms. The Morgan fingerprint density at radius 1 is 1.33 bits per heavy atom. The zero-order valence-electron chi connectivity index (χ0n) is 7.09. The molecule has 0 aliphatic rings. The Morgan fingerprint density at radius 3 is 2.67 bits per heavy atom. The van der Waals surface area contributed by atoms with E-state index < -0.39 is 18.2 Å². The Bertz CT molecular complexity index is 448. The van der Waals surface area contributed by atoms with Crippen LogP contribution < -0.4 is 0 Å². The van der Waals surface area contributed by atoms with Crippen LogP contribution in [0.1, 0.15) is 5.82 Å². The fourth-order valence-electron chi connectivity index (χ4n) is 1.02. The summed E-state index contributed by atoms with van der Waals surface area (Å²) in [6.45, 7) is 0. The SMILES string of the molecule is FC(F)C(F)(F)c1nc2ncncc2[nH]1. The number of halogens is 4. The van der Waals surface area contributed by atoms with Crippen LogP contribution in [0.4, 0.5) is 17.6 Å². The molecule has 2 aromatic heterocycles. The van der Waals surface area contributed by atoms with Gasteiger partial charge in [-0.15, -0.1) is 0 Å². The second kappa shape index (κ2) is 3.14. The first-order chi connectivity index (χ1) is 7.01. The predicted molar refractivity (Wildman–Crippen MR) is 41.6 cm³/mol. The molecule has 0 aliphatic carbocycles. The quantitative estimate of drug-likeness (QED) is 0.784. The topological polar surface area (TPSA) is 54.5 Å². The Hall–Kier alpha value is -1.73. The van der Waals surface area contributed by atoms with Crippen molar-refractivity contribution >= 4 is 11.2 Å². The lowest BCUT2D eigenvalue weighted by Gasteiger charge is -2.10. The number of imidazole rings is 1. The highest BCUT2D eigenvalue weighted by atomic mass is 19.3. The molecule has 2 rings (SSSR count). The first-order valence-electron chi connectivity index (χ1n) is 3.84. The monoisotopic (exact) mass is 220 g/mol. The summed E-state index contributed by atoms with van der Waals surface area (Å²) in [6.07, 6.45) is -1.54. The molecule has 2 heterocycles. The van der Waals surface area contributed by atoms with Crippen LogP contribution in [0.5, 0.6) is 0 Å². The van der Waals surface area contributed by atoms with E-state index in [1.54, 1.807) is 0 Å². The van der Waals surface area contributed by atoms with Gasteiger partial charge in [-0.25, -0.2) is 23.7 Å². The molecule has 15 heavy (non-hydrogen) atoms. The fraction of sp³-hybridized carbons (Fsp3) is 0.286. The third-order valence-corrected chi connectivity index (χ3v) is 1.75. The molecule has 80 valence electrons. The van der Waals surface area contributed by atoms with Crippen molar-refractivity contribution in [2.75, 3.05) is 0 Å². The van der Waals surface area contributed by atoms with E-state index in [1.807, 2.05) is 0 Å². The van der Waals surface area contributed by atoms with Crippen molar-refractivity contribution in [3.63, 3.8) is 0 Å². The molecule has 0 saturated carbocycles. The van der Waals surface area contributed by atoms with Crippen LogP contribution in [0.3, 0.4) is 0 Å². The van der Waals surface area contributed by atoms with Gasteiger partial charge in [-0.05, 0) is 0 Å². The number of hydrogen-bond acceptors (Lipinski definition) is 3. The number of aromatic amines is 1. The van der Waals surface area contributed by atoms with E-state index >= 15 is 0 Å². The van der Waals surface area contributed by atoms with Crippen LogP contribution in [0, 0.1) is 0 Å². The molecule has 0 unspecified atom stereocenters. The fourth-order valence-corrected chi connectivity index (χ4v) is 1.02. The van der Waals surface area contributed by atoms with Crippen molar-refractivity contribution in [1.29, 1.82) is 0 Å². The normalized spacial score (nSPS) is 12.6. The van der Waals surface area contributed by atoms with Gasteiger partial charge in [-0.1, -0.05) is 0 Å². The van der Waals surface area contributed by atoms with Crippen LogP contribution in [0.2, 0.25) is 0 Å². The van der Waals surface area contributed by atoms with Gasteiger partial charge in [0.15, 0.2) is 11.5 Å². The highest BCUT2D eigenvalue weighted by Crippen LogP contribution is 2.33. The van der Waals surface area contributed by atoms with Gasteiger partial charge in [0.1, 0.15) is 11.8 Å². The average Bonchev–Trinajstić information content (AvgIpc) is 2.61. The minimum Gasteiger partial charge on any atom is -0.334 e. The standard InChI is InChI=1S/C7H4F4N4/c8-5(9)7(10,11)6-14-3-1-12-2-13-4(3)15-6/h1-2,5H,(H,12,13,14,15). The Morgan fingerprint density at radius 2 is 2.07 bits per heavy atom. The smallest absolute Gasteiger partial charge is 0.334 e. The number of nitrogens with one attached hydrogen (secondary N) is 1. The molecule has 0 saturated heterocycles. The van der Waals surface area contributed by atoms with Crippen molar-refractivity contribution in [3.05, 3.63) is 18.3 Å². The van der Waals surface area contributed by atoms with Crippen molar-refractivity contribution < 1.29 is 17.6 Å². The summed E-state index contributed by atoms with van der Waals surface area (Å²) in [4.78, 5) is 12.4. The molecular weight excluding hydrogens is 216 g/mol. The van der Waals surface area contributed by atoms with E-state index in [9.17, 15) is 17.6 Å². The summed E-state index contributed by atoms with van der Waals surface area (Å²) >= 11 is 0. The van der Waals surface area contributed by atoms with E-state index in [2.05, 4.69) is 19.9 Å². The van der Waals surface area contributed by atoms with Gasteiger partial charge in [0.25, 0.3) is 0 Å². The van der Waals surface area contributed by atoms with E-state index in [1.165, 1.54) is 6.20 Å². The lowest BCUT2D eigenvalue weighted by molar-refractivity contribution is -0.140. The molecule has 1 N–H and O–H groups in total. The summed E-state index contributed by atoms with van der Waals surface area (Å²) in [5.41, 5.74) is 0.0214. The van der Waals surface area contributed by atoms with Crippen LogP contribution in [0.25, 0.3) is 11.2 Å². The Kier molecular flexibility index (Phi) is 2.06. The zero-order valence-corrected chi connectivity index (χ0v) is 7.09. The highest BCUT2D eigenvalue weighted by molar-refractivity contribution is 5.68. The third-order valence-electron chi connectivity index (χ3n) is 1.75. The number of alkyl halides is 4. The maximum atomic E-state index is 12.8. The van der Waals surface area contributed by atoms with Gasteiger partial charge in [0, 0.05) is 0 Å². The molecule has 0 amide bonds. The molecule has 0 fully saturated rings. The summed E-state index contributed by atoms with van der Waals surface area (Å²) in [5, 5.41) is 0. The van der Waals surface area contributed by atoms with Crippen LogP contribution in [0.15, 0.2) is 12.5 Å². The number of hydrogen-bond donors (Lipinski definition) is 1. The summed E-state index contributed by atoms with van der Waals surface area (Å²) < 4.78 is 49.6. The van der Waals surface area contributed by atoms with Gasteiger partial charge in [-0.3, -0.25) is 0 Å². The van der Waals surface area contributed by atoms with E-state index in [4.69, 9.17) is 0 Å². The molecule has 4 nitrogen and oxygen atoms in total. The molecule has 0 atom stereocenters. The molecule has 2 aromatic rings. The highest BCUT2D eigenvalue weighted by Gasteiger charge is 2.45. The van der Waals surface area contributed by atoms with Crippen LogP contribution in [-0.2, 0) is 5.92 Å². The Labute approximate surface area is 80.4 Å². The maximum absolute atomic E-state index is 12.8. The number of aromatic nitrogens is 4.